The first-order chi connectivity index (χ1) is 33.8. The van der Waals surface area contributed by atoms with Crippen LogP contribution in [0, 0.1) is 0 Å². The maximum absolute atomic E-state index is 5.43. The summed E-state index contributed by atoms with van der Waals surface area (Å²) in [5, 5.41) is 4.53. The number of nitrogens with zero attached hydrogens (tertiary/aromatic N) is 5. The first kappa shape index (κ1) is 39.2. The molecule has 0 radical (unpaired) electrons. The summed E-state index contributed by atoms with van der Waals surface area (Å²) in [4.78, 5) is 16.0. The first-order valence-corrected chi connectivity index (χ1v) is 23.0. The Bertz CT molecular complexity index is 3990. The van der Waals surface area contributed by atoms with Gasteiger partial charge in [0.05, 0.1) is 27.8 Å². The van der Waals surface area contributed by atoms with Crippen molar-refractivity contribution in [2.24, 2.45) is 0 Å². The summed E-state index contributed by atoms with van der Waals surface area (Å²) in [6.07, 6.45) is 0. The third-order valence-corrected chi connectivity index (χ3v) is 13.2. The third kappa shape index (κ3) is 6.51. The molecule has 0 N–H and O–H groups in total. The number of hydrogen-bond donors (Lipinski definition) is 0. The number of benzene rings is 10. The van der Waals surface area contributed by atoms with Crippen LogP contribution in [-0.4, -0.2) is 24.1 Å². The van der Waals surface area contributed by atoms with Gasteiger partial charge in [-0.2, -0.15) is 9.97 Å². The fraction of sp³-hybridized carbons (Fsp3) is 0. The molecule has 0 aliphatic rings. The Balaban J connectivity index is 1.13. The predicted octanol–water partition coefficient (Wildman–Crippen LogP) is 16.1. The molecule has 0 fully saturated rings. The Labute approximate surface area is 393 Å². The van der Waals surface area contributed by atoms with Gasteiger partial charge >= 0.3 is 0 Å². The molecule has 10 aromatic carbocycles. The van der Waals surface area contributed by atoms with Crippen molar-refractivity contribution in [1.29, 1.82) is 0 Å². The second-order valence-electron chi connectivity index (χ2n) is 17.1. The molecule has 0 aliphatic heterocycles. The van der Waals surface area contributed by atoms with Crippen molar-refractivity contribution >= 4 is 43.6 Å². The van der Waals surface area contributed by atoms with Crippen LogP contribution >= 0.6 is 0 Å². The summed E-state index contributed by atoms with van der Waals surface area (Å²) >= 11 is 0. The van der Waals surface area contributed by atoms with Gasteiger partial charge in [-0.05, 0) is 57.1 Å². The lowest BCUT2D eigenvalue weighted by Gasteiger charge is -2.20. The van der Waals surface area contributed by atoms with Crippen molar-refractivity contribution in [3.05, 3.63) is 249 Å². The highest BCUT2D eigenvalue weighted by atomic mass is 15.2. The van der Waals surface area contributed by atoms with Crippen LogP contribution in [0.1, 0.15) is 0 Å². The van der Waals surface area contributed by atoms with Gasteiger partial charge in [-0.25, -0.2) is 4.98 Å². The molecule has 0 atom stereocenters. The fourth-order valence-corrected chi connectivity index (χ4v) is 10.2. The van der Waals surface area contributed by atoms with Crippen LogP contribution in [0.4, 0.5) is 0 Å². The molecular formula is C63H41N5. The van der Waals surface area contributed by atoms with Crippen molar-refractivity contribution in [3.8, 4) is 78.9 Å². The van der Waals surface area contributed by atoms with Crippen molar-refractivity contribution < 1.29 is 0 Å². The molecule has 3 aromatic heterocycles. The highest BCUT2D eigenvalue weighted by Crippen LogP contribution is 2.46. The molecule has 0 amide bonds. The van der Waals surface area contributed by atoms with E-state index in [9.17, 15) is 0 Å². The summed E-state index contributed by atoms with van der Waals surface area (Å²) in [6, 6.07) is 88.3. The molecule has 13 rings (SSSR count). The zero-order valence-electron chi connectivity index (χ0n) is 36.9. The minimum Gasteiger partial charge on any atom is -0.307 e. The smallest absolute Gasteiger partial charge is 0.238 e. The lowest BCUT2D eigenvalue weighted by atomic mass is 9.88. The molecule has 5 nitrogen and oxygen atoms in total. The van der Waals surface area contributed by atoms with E-state index in [-0.39, 0.29) is 0 Å². The van der Waals surface area contributed by atoms with E-state index in [1.165, 1.54) is 16.7 Å². The van der Waals surface area contributed by atoms with Crippen molar-refractivity contribution in [3.63, 3.8) is 0 Å². The van der Waals surface area contributed by atoms with E-state index >= 15 is 0 Å². The maximum Gasteiger partial charge on any atom is 0.238 e. The predicted molar refractivity (Wildman–Crippen MR) is 281 cm³/mol. The van der Waals surface area contributed by atoms with Gasteiger partial charge in [-0.15, -0.1) is 0 Å². The highest BCUT2D eigenvalue weighted by molar-refractivity contribution is 6.24. The van der Waals surface area contributed by atoms with Crippen LogP contribution in [0.2, 0.25) is 0 Å². The zero-order valence-corrected chi connectivity index (χ0v) is 36.9. The second-order valence-corrected chi connectivity index (χ2v) is 17.1. The third-order valence-electron chi connectivity index (χ3n) is 13.2. The van der Waals surface area contributed by atoms with Crippen LogP contribution in [0.25, 0.3) is 123 Å². The van der Waals surface area contributed by atoms with Gasteiger partial charge in [0.2, 0.25) is 5.95 Å². The quantitative estimate of drug-likeness (QED) is 0.153. The van der Waals surface area contributed by atoms with E-state index in [0.29, 0.717) is 17.6 Å². The molecule has 13 aromatic rings. The van der Waals surface area contributed by atoms with Crippen LogP contribution in [0.3, 0.4) is 0 Å². The Morgan fingerprint density at radius 2 is 0.676 bits per heavy atom. The van der Waals surface area contributed by atoms with Crippen molar-refractivity contribution in [1.82, 2.24) is 24.1 Å². The van der Waals surface area contributed by atoms with Gasteiger partial charge < -0.3 is 4.57 Å². The van der Waals surface area contributed by atoms with Gasteiger partial charge in [0.25, 0.3) is 0 Å². The molecule has 0 saturated carbocycles. The van der Waals surface area contributed by atoms with Gasteiger partial charge in [0, 0.05) is 38.2 Å². The molecule has 68 heavy (non-hydrogen) atoms. The number of aromatic nitrogens is 5. The lowest BCUT2D eigenvalue weighted by molar-refractivity contribution is 0.953. The topological polar surface area (TPSA) is 48.5 Å². The van der Waals surface area contributed by atoms with E-state index in [1.54, 1.807) is 0 Å². The minimum atomic E-state index is 0.547. The van der Waals surface area contributed by atoms with Gasteiger partial charge in [-0.1, -0.05) is 231 Å². The standard InChI is InChI=1S/C63H41N5/c1-5-20-42(21-6-1)43-36-38-47(39-37-43)62-64-61(46-26-11-4-12-27-46)65-63(66-62)68-56-34-18-16-31-51(56)54-41-40-53-50-30-15-17-33-55(50)67(59(53)60(54)68)57-35-19-32-52(58(57)45-24-9-3-10-25-45)49-29-14-13-28-48(49)44-22-7-2-8-23-44/h1-41H. The average Bonchev–Trinajstić information content (AvgIpc) is 3.95. The molecule has 0 spiro atoms. The lowest BCUT2D eigenvalue weighted by Crippen LogP contribution is -2.07. The van der Waals surface area contributed by atoms with Crippen LogP contribution in [-0.2, 0) is 0 Å². The molecular weight excluding hydrogens is 827 g/mol. The second kappa shape index (κ2) is 16.4. The number of hydrogen-bond acceptors (Lipinski definition) is 3. The van der Waals surface area contributed by atoms with Crippen LogP contribution < -0.4 is 0 Å². The van der Waals surface area contributed by atoms with E-state index in [0.717, 1.165) is 88.2 Å². The largest absolute Gasteiger partial charge is 0.307 e. The molecule has 5 heteroatoms. The van der Waals surface area contributed by atoms with E-state index < -0.39 is 0 Å². The molecule has 3 heterocycles. The Morgan fingerprint density at radius 3 is 1.29 bits per heavy atom. The normalized spacial score (nSPS) is 11.5. The van der Waals surface area contributed by atoms with Crippen LogP contribution in [0.15, 0.2) is 249 Å². The highest BCUT2D eigenvalue weighted by Gasteiger charge is 2.26. The maximum atomic E-state index is 5.43. The van der Waals surface area contributed by atoms with Gasteiger partial charge in [0.1, 0.15) is 0 Å². The summed E-state index contributed by atoms with van der Waals surface area (Å²) < 4.78 is 4.76. The number of para-hydroxylation sites is 2. The fourth-order valence-electron chi connectivity index (χ4n) is 10.2. The molecule has 0 unspecified atom stereocenters. The summed E-state index contributed by atoms with van der Waals surface area (Å²) in [7, 11) is 0. The summed E-state index contributed by atoms with van der Waals surface area (Å²) in [5.41, 5.74) is 16.4. The van der Waals surface area contributed by atoms with E-state index in [4.69, 9.17) is 15.0 Å². The van der Waals surface area contributed by atoms with E-state index in [1.807, 2.05) is 24.3 Å². The monoisotopic (exact) mass is 867 g/mol. The van der Waals surface area contributed by atoms with Gasteiger partial charge in [0.15, 0.2) is 11.6 Å². The zero-order chi connectivity index (χ0) is 45.0. The SMILES string of the molecule is c1ccc(-c2ccc(-c3nc(-c4ccccc4)nc(-n4c5ccccc5c5ccc6c7ccccc7n(-c7cccc(-c8ccccc8-c8ccccc8)c7-c7ccccc7)c6c54)n3)cc2)cc1. The molecule has 0 bridgehead atoms. The number of rotatable bonds is 8. The minimum absolute atomic E-state index is 0.547. The summed E-state index contributed by atoms with van der Waals surface area (Å²) in [6.45, 7) is 0. The van der Waals surface area contributed by atoms with Crippen LogP contribution in [0.5, 0.6) is 0 Å². The first-order valence-electron chi connectivity index (χ1n) is 23.0. The van der Waals surface area contributed by atoms with Crippen molar-refractivity contribution in [2.75, 3.05) is 0 Å². The molecule has 0 aliphatic carbocycles. The van der Waals surface area contributed by atoms with Crippen molar-refractivity contribution in [2.45, 2.75) is 0 Å². The number of fused-ring (bicyclic) bond motifs is 7. The Kier molecular flexibility index (Phi) is 9.43. The summed E-state index contributed by atoms with van der Waals surface area (Å²) in [5.74, 6) is 1.75. The molecule has 318 valence electrons. The Morgan fingerprint density at radius 1 is 0.250 bits per heavy atom. The van der Waals surface area contributed by atoms with E-state index in [2.05, 4.69) is 234 Å². The van der Waals surface area contributed by atoms with Gasteiger partial charge in [-0.3, -0.25) is 4.57 Å². The molecule has 0 saturated heterocycles. The average molecular weight is 868 g/mol. The Hall–Kier alpha value is -9.19.